The third kappa shape index (κ3) is 3.78. The molecule has 1 heterocycles. The van der Waals surface area contributed by atoms with Crippen molar-refractivity contribution in [3.8, 4) is 0 Å². The van der Waals surface area contributed by atoms with Gasteiger partial charge in [-0.1, -0.05) is 30.3 Å². The Morgan fingerprint density at radius 1 is 1.22 bits per heavy atom. The molecule has 0 fully saturated rings. The molecule has 0 aromatic heterocycles. The average Bonchev–Trinajstić information content (AvgIpc) is 2.85. The molecule has 0 radical (unpaired) electrons. The number of nitrogens with zero attached hydrogens (tertiary/aromatic N) is 1. The van der Waals surface area contributed by atoms with E-state index in [1.54, 1.807) is 0 Å². The molecule has 0 aliphatic carbocycles. The van der Waals surface area contributed by atoms with Crippen LogP contribution >= 0.6 is 28.5 Å². The summed E-state index contributed by atoms with van der Waals surface area (Å²) in [5.74, 6) is -1.12. The van der Waals surface area contributed by atoms with Crippen molar-refractivity contribution in [3.63, 3.8) is 0 Å². The molecule has 18 heavy (non-hydrogen) atoms. The van der Waals surface area contributed by atoms with Crippen LogP contribution in [0.3, 0.4) is 0 Å². The molecule has 0 N–H and O–H groups in total. The number of ether oxygens (including phenoxy) is 3. The zero-order chi connectivity index (χ0) is 13.4. The number of hydrogen-bond acceptors (Lipinski definition) is 4. The molecule has 104 valence electrons. The van der Waals surface area contributed by atoms with Crippen LogP contribution in [0.1, 0.15) is 11.6 Å². The fourth-order valence-corrected chi connectivity index (χ4v) is 1.65. The molecule has 0 amide bonds. The van der Waals surface area contributed by atoms with Crippen molar-refractivity contribution in [2.24, 2.45) is 4.99 Å². The minimum absolute atomic E-state index is 0.284. The van der Waals surface area contributed by atoms with Crippen LogP contribution < -0.4 is 0 Å². The second-order valence-corrected chi connectivity index (χ2v) is 8.23. The van der Waals surface area contributed by atoms with Crippen molar-refractivity contribution < 1.29 is 25.1 Å². The summed E-state index contributed by atoms with van der Waals surface area (Å²) >= 11 is 6.00. The van der Waals surface area contributed by atoms with Crippen LogP contribution in [0.4, 0.5) is 0 Å². The van der Waals surface area contributed by atoms with Gasteiger partial charge in [0.05, 0.1) is 0 Å². The Morgan fingerprint density at radius 3 is 2.28 bits per heavy atom. The molecule has 2 rings (SSSR count). The van der Waals surface area contributed by atoms with Crippen LogP contribution in [0, 0.1) is 0 Å². The van der Waals surface area contributed by atoms with E-state index in [4.69, 9.17) is 14.2 Å². The summed E-state index contributed by atoms with van der Waals surface area (Å²) in [7, 11) is 4.32. The molecular formula is C11H13Br2NNiO3. The SMILES string of the molecule is COC1(OC)OC=N[C@@H]1c1ccccc1.[Br][Ni][Br]. The Morgan fingerprint density at radius 2 is 1.78 bits per heavy atom. The summed E-state index contributed by atoms with van der Waals surface area (Å²) in [6.45, 7) is 0. The fourth-order valence-electron chi connectivity index (χ4n) is 1.65. The summed E-state index contributed by atoms with van der Waals surface area (Å²) < 4.78 is 15.8. The number of hydrogen-bond donors (Lipinski definition) is 0. The molecule has 0 spiro atoms. The van der Waals surface area contributed by atoms with E-state index in [0.29, 0.717) is 0 Å². The average molecular weight is 426 g/mol. The fraction of sp³-hybridized carbons (Fsp3) is 0.364. The molecule has 0 saturated carbocycles. The van der Waals surface area contributed by atoms with Gasteiger partial charge in [0.1, 0.15) is 0 Å². The molecule has 0 unspecified atom stereocenters. The molecule has 0 saturated heterocycles. The second kappa shape index (κ2) is 8.28. The Kier molecular flexibility index (Phi) is 7.41. The van der Waals surface area contributed by atoms with E-state index in [2.05, 4.69) is 33.4 Å². The van der Waals surface area contributed by atoms with Gasteiger partial charge in [-0.05, 0) is 5.56 Å². The number of methoxy groups -OCH3 is 2. The maximum atomic E-state index is 5.27. The van der Waals surface area contributed by atoms with Gasteiger partial charge in [0.15, 0.2) is 12.4 Å². The predicted octanol–water partition coefficient (Wildman–Crippen LogP) is 3.42. The van der Waals surface area contributed by atoms with Gasteiger partial charge >= 0.3 is 45.3 Å². The first kappa shape index (κ1) is 16.1. The molecule has 4 nitrogen and oxygen atoms in total. The monoisotopic (exact) mass is 423 g/mol. The third-order valence-electron chi connectivity index (χ3n) is 2.45. The first-order chi connectivity index (χ1) is 8.74. The van der Waals surface area contributed by atoms with E-state index in [1.165, 1.54) is 31.5 Å². The summed E-state index contributed by atoms with van der Waals surface area (Å²) in [4.78, 5) is 4.20. The molecule has 1 atom stereocenters. The van der Waals surface area contributed by atoms with E-state index in [1.807, 2.05) is 30.3 Å². The normalized spacial score (nSPS) is 20.1. The summed E-state index contributed by atoms with van der Waals surface area (Å²) in [6, 6.07) is 9.48. The van der Waals surface area contributed by atoms with Crippen molar-refractivity contribution in [2.45, 2.75) is 12.0 Å². The van der Waals surface area contributed by atoms with E-state index < -0.39 is 5.97 Å². The van der Waals surface area contributed by atoms with Crippen molar-refractivity contribution >= 4 is 34.9 Å². The second-order valence-electron chi connectivity index (χ2n) is 3.24. The van der Waals surface area contributed by atoms with Gasteiger partial charge in [0.2, 0.25) is 0 Å². The third-order valence-corrected chi connectivity index (χ3v) is 2.45. The van der Waals surface area contributed by atoms with Crippen LogP contribution in [0.2, 0.25) is 0 Å². The molecule has 1 aliphatic rings. The van der Waals surface area contributed by atoms with Crippen LogP contribution in [-0.2, 0) is 25.1 Å². The van der Waals surface area contributed by atoms with Gasteiger partial charge in [-0.3, -0.25) is 0 Å². The van der Waals surface area contributed by atoms with Crippen LogP contribution in [-0.4, -0.2) is 26.6 Å². The standard InChI is InChI=1S/C11H13NO3.2BrH.Ni/c1-13-11(14-2)10(12-8-15-11)9-6-4-3-5-7-9;;;/h3-8,10H,1-2H3;2*1H;/q;;;+2/p-2/t10-;;;/m1.../s1. The number of halogens is 2. The molecule has 1 aromatic rings. The maximum absolute atomic E-state index is 5.27. The van der Waals surface area contributed by atoms with Gasteiger partial charge in [-0.2, -0.15) is 0 Å². The summed E-state index contributed by atoms with van der Waals surface area (Å²) in [5.41, 5.74) is 0.995. The van der Waals surface area contributed by atoms with E-state index >= 15 is 0 Å². The van der Waals surface area contributed by atoms with Gasteiger partial charge in [-0.25, -0.2) is 4.99 Å². The number of benzene rings is 1. The van der Waals surface area contributed by atoms with Crippen LogP contribution in [0.25, 0.3) is 0 Å². The van der Waals surface area contributed by atoms with Crippen molar-refractivity contribution in [2.75, 3.05) is 14.2 Å². The number of aliphatic imine (C=N–C) groups is 1. The topological polar surface area (TPSA) is 40.0 Å². The first-order valence-corrected chi connectivity index (χ1v) is 9.79. The molecule has 1 aromatic carbocycles. The van der Waals surface area contributed by atoms with Crippen molar-refractivity contribution in [3.05, 3.63) is 35.9 Å². The Bertz CT molecular complexity index is 374. The summed E-state index contributed by atoms with van der Waals surface area (Å²) in [5, 5.41) is 0. The predicted molar refractivity (Wildman–Crippen MR) is 73.4 cm³/mol. The zero-order valence-electron chi connectivity index (χ0n) is 9.79. The van der Waals surface area contributed by atoms with Crippen LogP contribution in [0.5, 0.6) is 0 Å². The Balaban J connectivity index is 0.000000492. The quantitative estimate of drug-likeness (QED) is 0.550. The minimum atomic E-state index is -1.12. The van der Waals surface area contributed by atoms with Gasteiger partial charge in [-0.15, -0.1) is 0 Å². The van der Waals surface area contributed by atoms with Gasteiger partial charge < -0.3 is 14.2 Å². The van der Waals surface area contributed by atoms with Gasteiger partial charge in [0, 0.05) is 14.2 Å². The van der Waals surface area contributed by atoms with Crippen molar-refractivity contribution in [1.29, 1.82) is 0 Å². The van der Waals surface area contributed by atoms with Crippen molar-refractivity contribution in [1.82, 2.24) is 0 Å². The van der Waals surface area contributed by atoms with E-state index in [9.17, 15) is 0 Å². The van der Waals surface area contributed by atoms with E-state index in [0.717, 1.165) is 5.56 Å². The molecule has 7 heteroatoms. The van der Waals surface area contributed by atoms with E-state index in [-0.39, 0.29) is 6.04 Å². The zero-order valence-corrected chi connectivity index (χ0v) is 13.9. The Hall–Kier alpha value is 0.0635. The molecular weight excluding hydrogens is 413 g/mol. The van der Waals surface area contributed by atoms with Crippen LogP contribution in [0.15, 0.2) is 35.3 Å². The molecule has 1 aliphatic heterocycles. The summed E-state index contributed by atoms with van der Waals surface area (Å²) in [6.07, 6.45) is 1.37. The van der Waals surface area contributed by atoms with Gasteiger partial charge in [0.25, 0.3) is 0 Å². The molecule has 0 bridgehead atoms. The number of rotatable bonds is 3. The Labute approximate surface area is 126 Å². The first-order valence-electron chi connectivity index (χ1n) is 4.91.